The van der Waals surface area contributed by atoms with Crippen molar-refractivity contribution in [2.24, 2.45) is 0 Å². The molecule has 390 valence electrons. The van der Waals surface area contributed by atoms with Gasteiger partial charge in [0.2, 0.25) is 30.1 Å². The molecule has 9 aliphatic rings. The Morgan fingerprint density at radius 2 is 0.708 bits per heavy atom. The van der Waals surface area contributed by atoms with Crippen LogP contribution >= 0.6 is 11.6 Å². The summed E-state index contributed by atoms with van der Waals surface area (Å²) in [4.78, 5) is 12.1. The number of hydrogen-bond acceptors (Lipinski definition) is 11. The molecule has 0 atom stereocenters. The summed E-state index contributed by atoms with van der Waals surface area (Å²) >= 11 is 6.18. The van der Waals surface area contributed by atoms with Crippen molar-refractivity contribution in [2.45, 2.75) is 70.4 Å². The molecule has 14 nitrogen and oxygen atoms in total. The van der Waals surface area contributed by atoms with E-state index in [4.69, 9.17) is 11.6 Å². The van der Waals surface area contributed by atoms with E-state index in [1.54, 1.807) is 33.7 Å². The van der Waals surface area contributed by atoms with Gasteiger partial charge in [0.05, 0.1) is 17.3 Å². The SMILES string of the molecule is CCS(=O)(=O)N1CCN(c2ccc(C34CCN(CC3)Cc3cc(N5CCN(S(=O)(=O)CC)CC5)ccc34)cc2)CC1.CCS(=O)(=O)N1CCN(c2ccc3c(c2)CN2CCC3(c3ccc(Cl)cc3)CC2)CC1. The third kappa shape index (κ3) is 10.1. The van der Waals surface area contributed by atoms with Gasteiger partial charge in [-0.05, 0) is 155 Å². The fourth-order valence-electron chi connectivity index (χ4n) is 12.8. The number of piperazine rings is 3. The molecule has 18 heteroatoms. The molecule has 0 saturated carbocycles. The van der Waals surface area contributed by atoms with E-state index in [9.17, 15) is 25.3 Å². The highest BCUT2D eigenvalue weighted by molar-refractivity contribution is 7.89. The van der Waals surface area contributed by atoms with Crippen LogP contribution in [0.3, 0.4) is 0 Å². The fourth-order valence-corrected chi connectivity index (χ4v) is 16.2. The summed E-state index contributed by atoms with van der Waals surface area (Å²) in [5.41, 5.74) is 12.0. The van der Waals surface area contributed by atoms with E-state index in [0.717, 1.165) is 88.8 Å². The minimum atomic E-state index is -3.14. The minimum absolute atomic E-state index is 0.0127. The average Bonchev–Trinajstić information content (AvgIpc) is 3.83. The highest BCUT2D eigenvalue weighted by Crippen LogP contribution is 2.49. The van der Waals surface area contributed by atoms with Gasteiger partial charge in [0.25, 0.3) is 0 Å². The van der Waals surface area contributed by atoms with Gasteiger partial charge in [-0.15, -0.1) is 0 Å². The second kappa shape index (κ2) is 20.7. The Hall–Kier alpha value is -3.78. The zero-order valence-electron chi connectivity index (χ0n) is 42.4. The van der Waals surface area contributed by atoms with Gasteiger partial charge >= 0.3 is 0 Å². The van der Waals surface area contributed by atoms with Gasteiger partial charge in [-0.3, -0.25) is 9.80 Å². The van der Waals surface area contributed by atoms with Crippen molar-refractivity contribution in [1.29, 1.82) is 0 Å². The Labute approximate surface area is 434 Å². The molecule has 5 saturated heterocycles. The van der Waals surface area contributed by atoms with Crippen LogP contribution in [0.1, 0.15) is 79.8 Å². The van der Waals surface area contributed by atoms with Crippen LogP contribution in [-0.2, 0) is 54.0 Å². The molecule has 0 aliphatic carbocycles. The molecule has 0 amide bonds. The summed E-state index contributed by atoms with van der Waals surface area (Å²) in [7, 11) is -9.38. The monoisotopic (exact) mass is 1060 g/mol. The molecule has 0 N–H and O–H groups in total. The molecule has 4 aromatic rings. The largest absolute Gasteiger partial charge is 0.369 e. The van der Waals surface area contributed by atoms with Gasteiger partial charge in [0.15, 0.2) is 0 Å². The Bertz CT molecular complexity index is 2900. The fraction of sp³-hybridized carbons (Fsp3) is 0.556. The lowest BCUT2D eigenvalue weighted by Crippen LogP contribution is -2.49. The predicted molar refractivity (Wildman–Crippen MR) is 291 cm³/mol. The number of hydrogen-bond donors (Lipinski definition) is 0. The van der Waals surface area contributed by atoms with Crippen molar-refractivity contribution in [3.63, 3.8) is 0 Å². The topological polar surface area (TPSA) is 128 Å². The lowest BCUT2D eigenvalue weighted by molar-refractivity contribution is 0.190. The van der Waals surface area contributed by atoms with Crippen molar-refractivity contribution < 1.29 is 25.3 Å². The van der Waals surface area contributed by atoms with Crippen LogP contribution in [0.5, 0.6) is 0 Å². The van der Waals surface area contributed by atoms with E-state index in [-0.39, 0.29) is 28.1 Å². The summed E-state index contributed by atoms with van der Waals surface area (Å²) in [6.45, 7) is 19.1. The summed E-state index contributed by atoms with van der Waals surface area (Å²) in [5, 5.41) is 0.783. The first-order valence-electron chi connectivity index (χ1n) is 26.3. The van der Waals surface area contributed by atoms with E-state index in [0.29, 0.717) is 65.4 Å². The molecule has 4 bridgehead atoms. The van der Waals surface area contributed by atoms with Crippen LogP contribution in [0.4, 0.5) is 17.1 Å². The zero-order chi connectivity index (χ0) is 50.5. The van der Waals surface area contributed by atoms with Crippen molar-refractivity contribution in [3.05, 3.63) is 123 Å². The quantitative estimate of drug-likeness (QED) is 0.170. The zero-order valence-corrected chi connectivity index (χ0v) is 45.6. The van der Waals surface area contributed by atoms with Gasteiger partial charge in [0.1, 0.15) is 0 Å². The highest BCUT2D eigenvalue weighted by atomic mass is 35.5. The maximum Gasteiger partial charge on any atom is 0.213 e. The van der Waals surface area contributed by atoms with Crippen molar-refractivity contribution in [1.82, 2.24) is 22.7 Å². The van der Waals surface area contributed by atoms with Crippen molar-refractivity contribution in [2.75, 3.05) is 137 Å². The van der Waals surface area contributed by atoms with E-state index in [1.165, 1.54) is 44.8 Å². The summed E-state index contributed by atoms with van der Waals surface area (Å²) in [6.07, 6.45) is 4.46. The number of anilines is 3. The van der Waals surface area contributed by atoms with Crippen LogP contribution in [0, 0.1) is 0 Å². The molecule has 9 heterocycles. The molecule has 0 radical (unpaired) electrons. The maximum absolute atomic E-state index is 12.3. The van der Waals surface area contributed by atoms with E-state index in [2.05, 4.69) is 97.3 Å². The van der Waals surface area contributed by atoms with Gasteiger partial charge < -0.3 is 14.7 Å². The third-order valence-corrected chi connectivity index (χ3v) is 23.2. The van der Waals surface area contributed by atoms with Crippen molar-refractivity contribution >= 4 is 58.7 Å². The number of rotatable bonds is 11. The summed E-state index contributed by atoms with van der Waals surface area (Å²) in [6, 6.07) is 31.4. The number of fused-ring (bicyclic) bond motifs is 4. The molecule has 0 spiro atoms. The summed E-state index contributed by atoms with van der Waals surface area (Å²) < 4.78 is 78.4. The van der Waals surface area contributed by atoms with Gasteiger partial charge in [-0.2, -0.15) is 12.9 Å². The van der Waals surface area contributed by atoms with E-state index < -0.39 is 30.1 Å². The molecule has 0 aromatic heterocycles. The molecule has 5 fully saturated rings. The van der Waals surface area contributed by atoms with Crippen LogP contribution in [0.15, 0.2) is 84.9 Å². The van der Waals surface area contributed by atoms with Crippen LogP contribution in [-0.4, -0.2) is 170 Å². The molecular weight excluding hydrogens is 988 g/mol. The molecular formula is C54H73ClN8O6S3. The Morgan fingerprint density at radius 1 is 0.403 bits per heavy atom. The minimum Gasteiger partial charge on any atom is -0.369 e. The number of piperidine rings is 2. The lowest BCUT2D eigenvalue weighted by Gasteiger charge is -2.40. The second-order valence-electron chi connectivity index (χ2n) is 20.8. The van der Waals surface area contributed by atoms with E-state index >= 15 is 0 Å². The number of halogens is 1. The molecule has 72 heavy (non-hydrogen) atoms. The van der Waals surface area contributed by atoms with Crippen LogP contribution in [0.25, 0.3) is 0 Å². The number of nitrogens with zero attached hydrogens (tertiary/aromatic N) is 8. The summed E-state index contributed by atoms with van der Waals surface area (Å²) in [5.74, 6) is 0.489. The van der Waals surface area contributed by atoms with Gasteiger partial charge in [-0.1, -0.05) is 48.0 Å². The van der Waals surface area contributed by atoms with Gasteiger partial charge in [-0.25, -0.2) is 25.3 Å². The molecule has 9 aliphatic heterocycles. The molecule has 4 aromatic carbocycles. The first-order valence-corrected chi connectivity index (χ1v) is 31.5. The molecule has 0 unspecified atom stereocenters. The Morgan fingerprint density at radius 3 is 1.04 bits per heavy atom. The maximum atomic E-state index is 12.3. The number of sulfonamides is 3. The first-order chi connectivity index (χ1) is 34.6. The second-order valence-corrected chi connectivity index (χ2v) is 28.0. The lowest BCUT2D eigenvalue weighted by atomic mass is 9.68. The van der Waals surface area contributed by atoms with Gasteiger partial charge in [0, 0.05) is 125 Å². The smallest absolute Gasteiger partial charge is 0.213 e. The van der Waals surface area contributed by atoms with Crippen LogP contribution < -0.4 is 14.7 Å². The van der Waals surface area contributed by atoms with Crippen molar-refractivity contribution in [3.8, 4) is 0 Å². The third-order valence-electron chi connectivity index (χ3n) is 17.3. The molecule has 13 rings (SSSR count). The highest BCUT2D eigenvalue weighted by Gasteiger charge is 2.44. The normalized spacial score (nSPS) is 26.3. The Kier molecular flexibility index (Phi) is 14.9. The number of benzene rings is 4. The van der Waals surface area contributed by atoms with E-state index in [1.807, 2.05) is 12.1 Å². The average molecular weight is 1060 g/mol. The van der Waals surface area contributed by atoms with Crippen LogP contribution in [0.2, 0.25) is 5.02 Å². The standard InChI is InChI=1S/C30H43N5O4S2.C24H30ClN3O2S/c1-3-40(36,37)34-19-15-32(16-20-34)27-7-5-26(6-8-27)30-11-13-31(14-12-30)24-25-23-28(9-10-29(25)30)33-17-21-35(22-18-33)41(38,39)4-2;1-2-31(29,30)28-15-13-27(14-16-28)22-7-8-23-19(17-22)18-26-11-9-24(23,10-12-26)20-3-5-21(25)6-4-20/h5-10,23H,3-4,11-22,24H2,1-2H3;3-8,17H,2,9-16,18H2,1H3. The predicted octanol–water partition coefficient (Wildman–Crippen LogP) is 6.23. The Balaban J connectivity index is 0.000000172. The first kappa shape index (κ1) is 51.7.